The predicted octanol–water partition coefficient (Wildman–Crippen LogP) is 3.20. The Morgan fingerprint density at radius 1 is 1.17 bits per heavy atom. The van der Waals surface area contributed by atoms with Gasteiger partial charge < -0.3 is 28.8 Å². The first kappa shape index (κ1) is 28.3. The highest BCUT2D eigenvalue weighted by molar-refractivity contribution is 6.30. The quantitative estimate of drug-likeness (QED) is 0.287. The molecule has 6 rings (SSSR count). The van der Waals surface area contributed by atoms with Crippen LogP contribution in [0.4, 0.5) is 14.6 Å². The molecule has 2 fully saturated rings. The van der Waals surface area contributed by atoms with Gasteiger partial charge in [0.25, 0.3) is 0 Å². The maximum absolute atomic E-state index is 14.8. The molecule has 0 N–H and O–H groups in total. The van der Waals surface area contributed by atoms with Crippen molar-refractivity contribution in [1.29, 1.82) is 0 Å². The Bertz CT molecular complexity index is 1630. The summed E-state index contributed by atoms with van der Waals surface area (Å²) in [7, 11) is 0. The van der Waals surface area contributed by atoms with Crippen LogP contribution in [0.15, 0.2) is 42.6 Å². The third-order valence-electron chi connectivity index (χ3n) is 7.73. The van der Waals surface area contributed by atoms with Crippen molar-refractivity contribution in [2.75, 3.05) is 31.1 Å². The number of carbonyl (C=O) groups is 1. The molecule has 13 heteroatoms. The molecule has 10 nitrogen and oxygen atoms in total. The van der Waals surface area contributed by atoms with E-state index in [1.54, 1.807) is 18.2 Å². The van der Waals surface area contributed by atoms with Crippen LogP contribution >= 0.6 is 11.6 Å². The lowest BCUT2D eigenvalue weighted by Gasteiger charge is -2.40. The number of ether oxygens (including phenoxy) is 2. The minimum absolute atomic E-state index is 0.00708. The van der Waals surface area contributed by atoms with Crippen molar-refractivity contribution >= 4 is 34.4 Å². The van der Waals surface area contributed by atoms with Crippen molar-refractivity contribution in [3.05, 3.63) is 76.2 Å². The van der Waals surface area contributed by atoms with Crippen LogP contribution in [-0.4, -0.2) is 68.8 Å². The molecular formula is C29H28ClF2N6O4-. The molecule has 42 heavy (non-hydrogen) atoms. The van der Waals surface area contributed by atoms with E-state index in [4.69, 9.17) is 26.1 Å². The molecule has 0 spiro atoms. The van der Waals surface area contributed by atoms with E-state index in [0.29, 0.717) is 44.8 Å². The Morgan fingerprint density at radius 3 is 2.71 bits per heavy atom. The van der Waals surface area contributed by atoms with E-state index in [1.165, 1.54) is 18.2 Å². The number of halogens is 3. The Labute approximate surface area is 245 Å². The van der Waals surface area contributed by atoms with Crippen molar-refractivity contribution < 1.29 is 28.2 Å². The van der Waals surface area contributed by atoms with Crippen molar-refractivity contribution in [1.82, 2.24) is 24.4 Å². The van der Waals surface area contributed by atoms with Crippen molar-refractivity contribution in [2.45, 2.75) is 45.2 Å². The number of imidazole rings is 1. The fraction of sp³-hybridized carbons (Fsp3) is 0.379. The van der Waals surface area contributed by atoms with Gasteiger partial charge in [-0.25, -0.2) is 18.7 Å². The number of carboxylic acids is 1. The van der Waals surface area contributed by atoms with E-state index in [1.807, 2.05) is 16.4 Å². The molecule has 2 aliphatic rings. The summed E-state index contributed by atoms with van der Waals surface area (Å²) in [6.45, 7) is 5.29. The minimum atomic E-state index is -1.24. The number of anilines is 1. The molecule has 0 aliphatic carbocycles. The summed E-state index contributed by atoms with van der Waals surface area (Å²) < 4.78 is 42.2. The van der Waals surface area contributed by atoms with Gasteiger partial charge in [-0.2, -0.15) is 4.98 Å². The smallest absolute Gasteiger partial charge is 0.318 e. The average Bonchev–Trinajstić information content (AvgIpc) is 3.28. The summed E-state index contributed by atoms with van der Waals surface area (Å²) in [5.74, 6) is -1.41. The fourth-order valence-corrected chi connectivity index (χ4v) is 5.43. The van der Waals surface area contributed by atoms with Crippen LogP contribution in [0.2, 0.25) is 5.02 Å². The molecule has 2 saturated heterocycles. The number of aromatic nitrogens is 4. The van der Waals surface area contributed by atoms with Crippen LogP contribution in [0.5, 0.6) is 6.01 Å². The van der Waals surface area contributed by atoms with Crippen LogP contribution in [0.1, 0.15) is 35.1 Å². The van der Waals surface area contributed by atoms with E-state index in [0.717, 1.165) is 24.0 Å². The summed E-state index contributed by atoms with van der Waals surface area (Å²) in [6, 6.07) is 9.01. The zero-order valence-electron chi connectivity index (χ0n) is 22.8. The number of carbonyl (C=O) groups excluding carboxylic acids is 1. The Balaban J connectivity index is 1.16. The topological polar surface area (TPSA) is 109 Å². The van der Waals surface area contributed by atoms with Gasteiger partial charge in [-0.3, -0.25) is 4.90 Å². The van der Waals surface area contributed by atoms with Crippen molar-refractivity contribution in [3.63, 3.8) is 0 Å². The molecule has 4 heterocycles. The maximum atomic E-state index is 14.8. The molecule has 2 atom stereocenters. The third kappa shape index (κ3) is 5.87. The molecule has 220 valence electrons. The molecule has 0 bridgehead atoms. The molecular weight excluding hydrogens is 570 g/mol. The summed E-state index contributed by atoms with van der Waals surface area (Å²) in [6.07, 6.45) is 2.04. The van der Waals surface area contributed by atoms with Crippen LogP contribution in [0, 0.1) is 11.6 Å². The zero-order valence-corrected chi connectivity index (χ0v) is 23.6. The highest BCUT2D eigenvalue weighted by atomic mass is 35.5. The number of carboxylic acid groups (broad SMARTS) is 1. The molecule has 2 aromatic heterocycles. The first-order valence-corrected chi connectivity index (χ1v) is 14.0. The molecule has 2 aliphatic heterocycles. The number of piperazine rings is 1. The average molecular weight is 598 g/mol. The third-order valence-corrected chi connectivity index (χ3v) is 7.96. The Morgan fingerprint density at radius 2 is 2.00 bits per heavy atom. The molecule has 2 aromatic carbocycles. The van der Waals surface area contributed by atoms with Gasteiger partial charge in [0, 0.05) is 42.9 Å². The molecule has 0 saturated carbocycles. The maximum Gasteiger partial charge on any atom is 0.318 e. The van der Waals surface area contributed by atoms with Crippen LogP contribution in [-0.2, 0) is 24.4 Å². The summed E-state index contributed by atoms with van der Waals surface area (Å²) in [5, 5.41) is 11.8. The van der Waals surface area contributed by atoms with Gasteiger partial charge in [-0.05, 0) is 43.2 Å². The fourth-order valence-electron chi connectivity index (χ4n) is 5.28. The first-order chi connectivity index (χ1) is 20.2. The van der Waals surface area contributed by atoms with E-state index >= 15 is 0 Å². The van der Waals surface area contributed by atoms with Gasteiger partial charge in [0.15, 0.2) is 11.6 Å². The van der Waals surface area contributed by atoms with E-state index in [2.05, 4.69) is 14.9 Å². The number of benzene rings is 2. The van der Waals surface area contributed by atoms with Crippen LogP contribution in [0.25, 0.3) is 11.0 Å². The zero-order chi connectivity index (χ0) is 29.4. The number of fused-ring (bicyclic) bond motifs is 1. The number of hydrogen-bond acceptors (Lipinski definition) is 9. The van der Waals surface area contributed by atoms with Gasteiger partial charge in [0.2, 0.25) is 0 Å². The summed E-state index contributed by atoms with van der Waals surface area (Å²) in [4.78, 5) is 28.6. The summed E-state index contributed by atoms with van der Waals surface area (Å²) in [5.41, 5.74) is 1.80. The standard InChI is InChI=1S/C29H29ClF2N6O4/c1-17-13-37(27-23(32)12-33-29(35-27)42-16-19-2-4-20(30)11-22(19)31)8-7-36(17)15-26-34-24-5-3-18(28(39)40)10-25(24)38(26)14-21-6-9-41-21/h2-5,10-12,17,21H,6-9,13-16H2,1H3,(H,39,40)/p-1/t17-,21-/m0/s1. The Hall–Kier alpha value is -3.87. The molecule has 0 radical (unpaired) electrons. The number of aromatic carboxylic acids is 1. The minimum Gasteiger partial charge on any atom is -0.545 e. The number of nitrogens with zero attached hydrogens (tertiary/aromatic N) is 6. The van der Waals surface area contributed by atoms with Crippen molar-refractivity contribution in [2.24, 2.45) is 0 Å². The second-order valence-corrected chi connectivity index (χ2v) is 11.0. The van der Waals surface area contributed by atoms with Crippen LogP contribution in [0.3, 0.4) is 0 Å². The van der Waals surface area contributed by atoms with E-state index < -0.39 is 17.6 Å². The second-order valence-electron chi connectivity index (χ2n) is 10.5. The Kier molecular flexibility index (Phi) is 7.93. The number of hydrogen-bond donors (Lipinski definition) is 0. The van der Waals surface area contributed by atoms with Gasteiger partial charge >= 0.3 is 6.01 Å². The largest absolute Gasteiger partial charge is 0.545 e. The predicted molar refractivity (Wildman–Crippen MR) is 148 cm³/mol. The molecule has 0 unspecified atom stereocenters. The highest BCUT2D eigenvalue weighted by Gasteiger charge is 2.29. The van der Waals surface area contributed by atoms with Gasteiger partial charge in [0.05, 0.1) is 42.4 Å². The van der Waals surface area contributed by atoms with Crippen molar-refractivity contribution in [3.8, 4) is 6.01 Å². The van der Waals surface area contributed by atoms with E-state index in [-0.39, 0.29) is 46.7 Å². The molecule has 4 aromatic rings. The SMILES string of the molecule is C[C@H]1CN(c2nc(OCc3ccc(Cl)cc3F)ncc2F)CCN1Cc1nc2ccc(C(=O)[O-])cc2n1C[C@@H]1CCO1. The lowest BCUT2D eigenvalue weighted by molar-refractivity contribution is -0.255. The van der Waals surface area contributed by atoms with Gasteiger partial charge in [0.1, 0.15) is 18.2 Å². The first-order valence-electron chi connectivity index (χ1n) is 13.7. The lowest BCUT2D eigenvalue weighted by atomic mass is 10.1. The van der Waals surface area contributed by atoms with Gasteiger partial charge in [-0.1, -0.05) is 23.7 Å². The second kappa shape index (κ2) is 11.8. The van der Waals surface area contributed by atoms with Gasteiger partial charge in [-0.15, -0.1) is 0 Å². The number of rotatable bonds is 9. The lowest BCUT2D eigenvalue weighted by Crippen LogP contribution is -2.52. The van der Waals surface area contributed by atoms with E-state index in [9.17, 15) is 18.7 Å². The summed E-state index contributed by atoms with van der Waals surface area (Å²) >= 11 is 5.81. The monoisotopic (exact) mass is 597 g/mol. The highest BCUT2D eigenvalue weighted by Crippen LogP contribution is 2.26. The normalized spacial score (nSPS) is 19.2. The van der Waals surface area contributed by atoms with Crippen LogP contribution < -0.4 is 14.7 Å². The molecule has 0 amide bonds.